The van der Waals surface area contributed by atoms with E-state index >= 15 is 0 Å². The van der Waals surface area contributed by atoms with Crippen LogP contribution >= 0.6 is 11.6 Å². The number of hydrogen-bond donors (Lipinski definition) is 2. The van der Waals surface area contributed by atoms with Crippen LogP contribution in [0.3, 0.4) is 0 Å². The minimum atomic E-state index is 0.0766. The van der Waals surface area contributed by atoms with Crippen molar-refractivity contribution in [2.24, 2.45) is 5.92 Å². The average Bonchev–Trinajstić information content (AvgIpc) is 2.62. The Morgan fingerprint density at radius 2 is 1.95 bits per heavy atom. The van der Waals surface area contributed by atoms with Crippen molar-refractivity contribution >= 4 is 28.9 Å². The van der Waals surface area contributed by atoms with Gasteiger partial charge in [0.2, 0.25) is 5.91 Å². The Morgan fingerprint density at radius 1 is 1.26 bits per heavy atom. The van der Waals surface area contributed by atoms with E-state index in [1.807, 2.05) is 0 Å². The fourth-order valence-electron chi connectivity index (χ4n) is 2.65. The third-order valence-corrected chi connectivity index (χ3v) is 4.06. The SMILES string of the molecule is Nc1ccc(NC(=O)CC2CCCCCC2)cc1Cl. The number of benzene rings is 1. The van der Waals surface area contributed by atoms with E-state index in [-0.39, 0.29) is 5.91 Å². The highest BCUT2D eigenvalue weighted by Gasteiger charge is 2.16. The lowest BCUT2D eigenvalue weighted by Crippen LogP contribution is -2.16. The van der Waals surface area contributed by atoms with Crippen LogP contribution in [0.5, 0.6) is 0 Å². The van der Waals surface area contributed by atoms with Gasteiger partial charge in [-0.3, -0.25) is 4.79 Å². The fourth-order valence-corrected chi connectivity index (χ4v) is 2.83. The maximum Gasteiger partial charge on any atom is 0.224 e. The molecule has 0 radical (unpaired) electrons. The Bertz CT molecular complexity index is 440. The van der Waals surface area contributed by atoms with Gasteiger partial charge in [0.05, 0.1) is 10.7 Å². The zero-order valence-electron chi connectivity index (χ0n) is 11.1. The lowest BCUT2D eigenvalue weighted by atomic mass is 9.96. The first-order chi connectivity index (χ1) is 9.15. The van der Waals surface area contributed by atoms with Gasteiger partial charge in [-0.15, -0.1) is 0 Å². The van der Waals surface area contributed by atoms with Crippen LogP contribution < -0.4 is 11.1 Å². The highest BCUT2D eigenvalue weighted by molar-refractivity contribution is 6.33. The molecule has 3 nitrogen and oxygen atoms in total. The normalized spacial score (nSPS) is 16.9. The predicted octanol–water partition coefficient (Wildman–Crippen LogP) is 4.22. The molecule has 0 heterocycles. The lowest BCUT2D eigenvalue weighted by molar-refractivity contribution is -0.117. The number of nitrogen functional groups attached to an aromatic ring is 1. The summed E-state index contributed by atoms with van der Waals surface area (Å²) >= 11 is 5.93. The summed E-state index contributed by atoms with van der Waals surface area (Å²) in [6, 6.07) is 5.19. The first kappa shape index (κ1) is 14.2. The standard InChI is InChI=1S/C15H21ClN2O/c16-13-10-12(7-8-14(13)17)18-15(19)9-11-5-3-1-2-4-6-11/h7-8,10-11H,1-6,9,17H2,(H,18,19). The molecule has 0 bridgehead atoms. The summed E-state index contributed by atoms with van der Waals surface area (Å²) < 4.78 is 0. The van der Waals surface area contributed by atoms with Crippen LogP contribution in [-0.2, 0) is 4.79 Å². The van der Waals surface area contributed by atoms with E-state index in [2.05, 4.69) is 5.32 Å². The number of nitrogens with two attached hydrogens (primary N) is 1. The fraction of sp³-hybridized carbons (Fsp3) is 0.533. The summed E-state index contributed by atoms with van der Waals surface area (Å²) in [5.74, 6) is 0.611. The monoisotopic (exact) mass is 280 g/mol. The van der Waals surface area contributed by atoms with Crippen molar-refractivity contribution in [2.45, 2.75) is 44.9 Å². The first-order valence-corrected chi connectivity index (χ1v) is 7.38. The van der Waals surface area contributed by atoms with Crippen molar-refractivity contribution in [3.8, 4) is 0 Å². The van der Waals surface area contributed by atoms with Gasteiger partial charge in [0.25, 0.3) is 0 Å². The molecule has 2 rings (SSSR count). The second kappa shape index (κ2) is 6.80. The van der Waals surface area contributed by atoms with Gasteiger partial charge in [0.15, 0.2) is 0 Å². The second-order valence-corrected chi connectivity index (χ2v) is 5.75. The summed E-state index contributed by atoms with van der Waals surface area (Å²) in [6.07, 6.45) is 8.10. The van der Waals surface area contributed by atoms with Gasteiger partial charge in [-0.25, -0.2) is 0 Å². The van der Waals surface area contributed by atoms with Crippen molar-refractivity contribution in [1.82, 2.24) is 0 Å². The largest absolute Gasteiger partial charge is 0.398 e. The molecule has 0 aliphatic heterocycles. The molecule has 0 unspecified atom stereocenters. The Hall–Kier alpha value is -1.22. The molecular formula is C15H21ClN2O. The van der Waals surface area contributed by atoms with Gasteiger partial charge in [0, 0.05) is 12.1 Å². The molecule has 1 aliphatic carbocycles. The predicted molar refractivity (Wildman–Crippen MR) is 80.3 cm³/mol. The highest BCUT2D eigenvalue weighted by Crippen LogP contribution is 2.26. The van der Waals surface area contributed by atoms with Crippen LogP contribution in [0, 0.1) is 5.92 Å². The van der Waals surface area contributed by atoms with Gasteiger partial charge < -0.3 is 11.1 Å². The van der Waals surface area contributed by atoms with E-state index in [9.17, 15) is 4.79 Å². The van der Waals surface area contributed by atoms with Crippen molar-refractivity contribution in [1.29, 1.82) is 0 Å². The molecule has 4 heteroatoms. The van der Waals surface area contributed by atoms with Crippen molar-refractivity contribution < 1.29 is 4.79 Å². The number of hydrogen-bond acceptors (Lipinski definition) is 2. The number of carbonyl (C=O) groups excluding carboxylic acids is 1. The van der Waals surface area contributed by atoms with Crippen LogP contribution in [0.15, 0.2) is 18.2 Å². The number of amides is 1. The van der Waals surface area contributed by atoms with E-state index in [4.69, 9.17) is 17.3 Å². The number of carbonyl (C=O) groups is 1. The average molecular weight is 281 g/mol. The molecule has 1 aromatic rings. The minimum Gasteiger partial charge on any atom is -0.398 e. The van der Waals surface area contributed by atoms with Crippen molar-refractivity contribution in [3.63, 3.8) is 0 Å². The molecule has 0 saturated heterocycles. The van der Waals surface area contributed by atoms with Gasteiger partial charge in [-0.05, 0) is 37.0 Å². The summed E-state index contributed by atoms with van der Waals surface area (Å²) in [7, 11) is 0. The molecule has 19 heavy (non-hydrogen) atoms. The third-order valence-electron chi connectivity index (χ3n) is 3.73. The Balaban J connectivity index is 1.87. The van der Waals surface area contributed by atoms with Gasteiger partial charge >= 0.3 is 0 Å². The molecule has 1 fully saturated rings. The zero-order valence-corrected chi connectivity index (χ0v) is 11.9. The van der Waals surface area contributed by atoms with Crippen LogP contribution in [0.2, 0.25) is 5.02 Å². The van der Waals surface area contributed by atoms with Crippen LogP contribution in [0.1, 0.15) is 44.9 Å². The van der Waals surface area contributed by atoms with Gasteiger partial charge in [0.1, 0.15) is 0 Å². The number of nitrogens with one attached hydrogen (secondary N) is 1. The molecule has 1 aromatic carbocycles. The number of rotatable bonds is 3. The number of halogens is 1. The quantitative estimate of drug-likeness (QED) is 0.643. The Labute approximate surface area is 119 Å². The van der Waals surface area contributed by atoms with Crippen LogP contribution in [0.25, 0.3) is 0 Å². The van der Waals surface area contributed by atoms with Crippen molar-refractivity contribution in [2.75, 3.05) is 11.1 Å². The molecule has 1 aliphatic rings. The Kier molecular flexibility index (Phi) is 5.08. The molecule has 1 saturated carbocycles. The topological polar surface area (TPSA) is 55.1 Å². The summed E-state index contributed by atoms with van der Waals surface area (Å²) in [6.45, 7) is 0. The van der Waals surface area contributed by atoms with E-state index < -0.39 is 0 Å². The van der Waals surface area contributed by atoms with Crippen LogP contribution in [0.4, 0.5) is 11.4 Å². The number of anilines is 2. The van der Waals surface area contributed by atoms with Gasteiger partial charge in [-0.2, -0.15) is 0 Å². The molecular weight excluding hydrogens is 260 g/mol. The second-order valence-electron chi connectivity index (χ2n) is 5.35. The highest BCUT2D eigenvalue weighted by atomic mass is 35.5. The van der Waals surface area contributed by atoms with Crippen LogP contribution in [-0.4, -0.2) is 5.91 Å². The summed E-state index contributed by atoms with van der Waals surface area (Å²) in [4.78, 5) is 12.0. The third kappa shape index (κ3) is 4.43. The summed E-state index contributed by atoms with van der Waals surface area (Å²) in [5.41, 5.74) is 6.89. The molecule has 1 amide bonds. The Morgan fingerprint density at radius 3 is 2.58 bits per heavy atom. The van der Waals surface area contributed by atoms with E-state index in [0.717, 1.165) is 5.69 Å². The summed E-state index contributed by atoms with van der Waals surface area (Å²) in [5, 5.41) is 3.38. The van der Waals surface area contributed by atoms with Gasteiger partial charge in [-0.1, -0.05) is 37.3 Å². The molecule has 104 valence electrons. The molecule has 3 N–H and O–H groups in total. The van der Waals surface area contributed by atoms with Crippen molar-refractivity contribution in [3.05, 3.63) is 23.2 Å². The maximum atomic E-state index is 12.0. The van der Waals surface area contributed by atoms with E-state index in [0.29, 0.717) is 23.0 Å². The smallest absolute Gasteiger partial charge is 0.224 e. The molecule has 0 spiro atoms. The first-order valence-electron chi connectivity index (χ1n) is 7.00. The zero-order chi connectivity index (χ0) is 13.7. The minimum absolute atomic E-state index is 0.0766. The molecule has 0 atom stereocenters. The van der Waals surface area contributed by atoms with E-state index in [1.165, 1.54) is 38.5 Å². The lowest BCUT2D eigenvalue weighted by Gasteiger charge is -2.14. The maximum absolute atomic E-state index is 12.0. The van der Waals surface area contributed by atoms with E-state index in [1.54, 1.807) is 18.2 Å². The molecule has 0 aromatic heterocycles.